The first-order valence-electron chi connectivity index (χ1n) is 11.9. The molecule has 2 aliphatic rings. The van der Waals surface area contributed by atoms with Gasteiger partial charge in [0, 0.05) is 49.4 Å². The lowest BCUT2D eigenvalue weighted by atomic mass is 9.87. The Morgan fingerprint density at radius 2 is 1.84 bits per heavy atom. The van der Waals surface area contributed by atoms with Gasteiger partial charge in [-0.1, -0.05) is 18.2 Å². The highest BCUT2D eigenvalue weighted by atomic mass is 16.5. The van der Waals surface area contributed by atoms with E-state index in [0.717, 1.165) is 63.0 Å². The van der Waals surface area contributed by atoms with Crippen LogP contribution in [0, 0.1) is 5.92 Å². The molecule has 2 aromatic carbocycles. The molecule has 5 heteroatoms. The van der Waals surface area contributed by atoms with Crippen LogP contribution in [0.5, 0.6) is 11.5 Å². The molecule has 1 saturated heterocycles. The number of fused-ring (bicyclic) bond motifs is 2. The maximum atomic E-state index is 5.68. The molecule has 5 nitrogen and oxygen atoms in total. The number of benzene rings is 2. The Kier molecular flexibility index (Phi) is 6.37. The van der Waals surface area contributed by atoms with Crippen LogP contribution in [0.15, 0.2) is 42.6 Å². The van der Waals surface area contributed by atoms with Crippen molar-refractivity contribution in [1.82, 2.24) is 9.88 Å². The van der Waals surface area contributed by atoms with Gasteiger partial charge in [-0.05, 0) is 72.9 Å². The van der Waals surface area contributed by atoms with E-state index < -0.39 is 0 Å². The molecule has 1 atom stereocenters. The van der Waals surface area contributed by atoms with Crippen molar-refractivity contribution in [3.63, 3.8) is 0 Å². The summed E-state index contributed by atoms with van der Waals surface area (Å²) in [5.74, 6) is 2.39. The van der Waals surface area contributed by atoms with Crippen molar-refractivity contribution >= 4 is 10.9 Å². The van der Waals surface area contributed by atoms with E-state index in [1.807, 2.05) is 0 Å². The van der Waals surface area contributed by atoms with Gasteiger partial charge < -0.3 is 19.2 Å². The molecule has 32 heavy (non-hydrogen) atoms. The quantitative estimate of drug-likeness (QED) is 0.559. The molecule has 1 aromatic heterocycles. The Labute approximate surface area is 190 Å². The topological polar surface area (TPSA) is 46.7 Å². The number of hydrogen-bond donors (Lipinski definition) is 1. The number of aromatic amines is 1. The van der Waals surface area contributed by atoms with Crippen molar-refractivity contribution < 1.29 is 14.2 Å². The average molecular weight is 435 g/mol. The van der Waals surface area contributed by atoms with Crippen LogP contribution >= 0.6 is 0 Å². The normalized spacial score (nSPS) is 19.8. The summed E-state index contributed by atoms with van der Waals surface area (Å²) < 4.78 is 16.9. The van der Waals surface area contributed by atoms with Crippen molar-refractivity contribution in [2.45, 2.75) is 38.1 Å². The van der Waals surface area contributed by atoms with Crippen molar-refractivity contribution in [2.24, 2.45) is 5.92 Å². The third kappa shape index (κ3) is 4.24. The highest BCUT2D eigenvalue weighted by molar-refractivity contribution is 5.83. The second-order valence-electron chi connectivity index (χ2n) is 9.12. The van der Waals surface area contributed by atoms with Crippen molar-refractivity contribution in [1.29, 1.82) is 0 Å². The Morgan fingerprint density at radius 1 is 1.06 bits per heavy atom. The standard InChI is InChI=1S/C27H34N2O3/c1-30-26-15-20-9-12-29(18-19-10-13-32-14-11-19)25(23(20)16-27(26)31-2)8-7-21-17-28-24-6-4-3-5-22(21)24/h3-6,15-17,19,25,28H,7-14,18H2,1-2H3. The van der Waals surface area contributed by atoms with Gasteiger partial charge in [-0.25, -0.2) is 0 Å². The minimum atomic E-state index is 0.384. The summed E-state index contributed by atoms with van der Waals surface area (Å²) in [5, 5.41) is 1.34. The van der Waals surface area contributed by atoms with E-state index in [4.69, 9.17) is 14.2 Å². The maximum absolute atomic E-state index is 5.68. The van der Waals surface area contributed by atoms with Crippen molar-refractivity contribution in [2.75, 3.05) is 40.5 Å². The monoisotopic (exact) mass is 434 g/mol. The number of methoxy groups -OCH3 is 2. The Morgan fingerprint density at radius 3 is 2.66 bits per heavy atom. The zero-order chi connectivity index (χ0) is 21.9. The predicted molar refractivity (Wildman–Crippen MR) is 128 cm³/mol. The van der Waals surface area contributed by atoms with E-state index in [0.29, 0.717) is 6.04 Å². The smallest absolute Gasteiger partial charge is 0.161 e. The molecule has 0 aliphatic carbocycles. The van der Waals surface area contributed by atoms with Gasteiger partial charge in [0.2, 0.25) is 0 Å². The third-order valence-electron chi connectivity index (χ3n) is 7.31. The highest BCUT2D eigenvalue weighted by Crippen LogP contribution is 2.41. The fourth-order valence-electron chi connectivity index (χ4n) is 5.53. The first kappa shape index (κ1) is 21.4. The van der Waals surface area contributed by atoms with Crippen LogP contribution in [-0.4, -0.2) is 50.4 Å². The molecule has 1 fully saturated rings. The van der Waals surface area contributed by atoms with E-state index >= 15 is 0 Å². The van der Waals surface area contributed by atoms with Gasteiger partial charge in [0.1, 0.15) is 0 Å². The van der Waals surface area contributed by atoms with Crippen molar-refractivity contribution in [3.8, 4) is 11.5 Å². The molecule has 3 aromatic rings. The Hall–Kier alpha value is -2.50. The van der Waals surface area contributed by atoms with Crippen LogP contribution in [0.25, 0.3) is 10.9 Å². The Bertz CT molecular complexity index is 1050. The highest BCUT2D eigenvalue weighted by Gasteiger charge is 2.31. The minimum Gasteiger partial charge on any atom is -0.493 e. The van der Waals surface area contributed by atoms with Crippen LogP contribution in [0.3, 0.4) is 0 Å². The van der Waals surface area contributed by atoms with E-state index in [9.17, 15) is 0 Å². The molecule has 0 amide bonds. The molecule has 0 bridgehead atoms. The zero-order valence-corrected chi connectivity index (χ0v) is 19.2. The van der Waals surface area contributed by atoms with E-state index in [1.165, 1.54) is 40.4 Å². The summed E-state index contributed by atoms with van der Waals surface area (Å²) in [7, 11) is 3.45. The second kappa shape index (κ2) is 9.55. The molecule has 5 rings (SSSR count). The summed E-state index contributed by atoms with van der Waals surface area (Å²) in [6.07, 6.45) is 7.73. The summed E-state index contributed by atoms with van der Waals surface area (Å²) in [6, 6.07) is 13.4. The number of rotatable bonds is 7. The molecule has 2 aliphatic heterocycles. The number of nitrogens with zero attached hydrogens (tertiary/aromatic N) is 1. The van der Waals surface area contributed by atoms with Gasteiger partial charge >= 0.3 is 0 Å². The molecule has 3 heterocycles. The third-order valence-corrected chi connectivity index (χ3v) is 7.31. The summed E-state index contributed by atoms with van der Waals surface area (Å²) in [5.41, 5.74) is 5.42. The number of para-hydroxylation sites is 1. The van der Waals surface area contributed by atoms with Gasteiger partial charge in [0.05, 0.1) is 14.2 Å². The predicted octanol–water partition coefficient (Wildman–Crippen LogP) is 5.14. The van der Waals surface area contributed by atoms with Gasteiger partial charge in [0.15, 0.2) is 11.5 Å². The molecular formula is C27H34N2O3. The number of nitrogens with one attached hydrogen (secondary N) is 1. The Balaban J connectivity index is 1.44. The van der Waals surface area contributed by atoms with Crippen LogP contribution in [0.1, 0.15) is 42.0 Å². The van der Waals surface area contributed by atoms with Gasteiger partial charge in [-0.2, -0.15) is 0 Å². The van der Waals surface area contributed by atoms with Crippen molar-refractivity contribution in [3.05, 3.63) is 59.3 Å². The lowest BCUT2D eigenvalue weighted by Gasteiger charge is -2.40. The van der Waals surface area contributed by atoms with E-state index in [1.54, 1.807) is 14.2 Å². The summed E-state index contributed by atoms with van der Waals surface area (Å²) in [4.78, 5) is 6.16. The number of aryl methyl sites for hydroxylation is 1. The molecule has 170 valence electrons. The number of ether oxygens (including phenoxy) is 3. The molecule has 0 radical (unpaired) electrons. The molecule has 1 unspecified atom stereocenters. The molecule has 1 N–H and O–H groups in total. The molecule has 0 saturated carbocycles. The summed E-state index contributed by atoms with van der Waals surface area (Å²) >= 11 is 0. The van der Waals surface area contributed by atoms with Crippen LogP contribution < -0.4 is 9.47 Å². The van der Waals surface area contributed by atoms with Gasteiger partial charge in [-0.3, -0.25) is 4.90 Å². The van der Waals surface area contributed by atoms with Crippen LogP contribution in [0.4, 0.5) is 0 Å². The fraction of sp³-hybridized carbons (Fsp3) is 0.481. The van der Waals surface area contributed by atoms with E-state index in [2.05, 4.69) is 52.5 Å². The molecule has 0 spiro atoms. The number of aromatic nitrogens is 1. The van der Waals surface area contributed by atoms with E-state index in [-0.39, 0.29) is 0 Å². The number of H-pyrrole nitrogens is 1. The lowest BCUT2D eigenvalue weighted by Crippen LogP contribution is -2.40. The van der Waals surface area contributed by atoms with Crippen LogP contribution in [-0.2, 0) is 17.6 Å². The SMILES string of the molecule is COc1cc2c(cc1OC)C(CCc1c[nH]c3ccccc13)N(CC1CCOCC1)CC2. The maximum Gasteiger partial charge on any atom is 0.161 e. The van der Waals surface area contributed by atoms with Crippen LogP contribution in [0.2, 0.25) is 0 Å². The minimum absolute atomic E-state index is 0.384. The molecular weight excluding hydrogens is 400 g/mol. The zero-order valence-electron chi connectivity index (χ0n) is 19.2. The lowest BCUT2D eigenvalue weighted by molar-refractivity contribution is 0.0423. The van der Waals surface area contributed by atoms with Gasteiger partial charge in [0.25, 0.3) is 0 Å². The first-order chi connectivity index (χ1) is 15.8. The second-order valence-corrected chi connectivity index (χ2v) is 9.12. The van der Waals surface area contributed by atoms with Gasteiger partial charge in [-0.15, -0.1) is 0 Å². The average Bonchev–Trinajstić information content (AvgIpc) is 3.26. The largest absolute Gasteiger partial charge is 0.493 e. The first-order valence-corrected chi connectivity index (χ1v) is 11.9. The fourth-order valence-corrected chi connectivity index (χ4v) is 5.53. The number of hydrogen-bond acceptors (Lipinski definition) is 4. The summed E-state index contributed by atoms with van der Waals surface area (Å²) in [6.45, 7) is 4.05.